The zero-order chi connectivity index (χ0) is 10.7. The maximum absolute atomic E-state index is 5.87. The quantitative estimate of drug-likeness (QED) is 0.863. The zero-order valence-corrected chi connectivity index (χ0v) is 9.42. The summed E-state index contributed by atoms with van der Waals surface area (Å²) in [7, 11) is 0. The average Bonchev–Trinajstić information content (AvgIpc) is 2.74. The number of thiophene rings is 1. The summed E-state index contributed by atoms with van der Waals surface area (Å²) >= 11 is 1.68. The van der Waals surface area contributed by atoms with Crippen molar-refractivity contribution in [2.75, 3.05) is 5.73 Å². The molecule has 0 fully saturated rings. The highest BCUT2D eigenvalue weighted by Gasteiger charge is 2.10. The van der Waals surface area contributed by atoms with E-state index in [2.05, 4.69) is 23.0 Å². The molecule has 78 valence electrons. The van der Waals surface area contributed by atoms with Crippen molar-refractivity contribution in [1.29, 1.82) is 0 Å². The molecule has 0 aliphatic rings. The number of hydrogen-bond donors (Lipinski definition) is 1. The molecule has 2 heterocycles. The lowest BCUT2D eigenvalue weighted by Crippen LogP contribution is -2.01. The molecule has 0 amide bonds. The molecule has 0 aliphatic carbocycles. The number of hydrogen-bond acceptors (Lipinski definition) is 4. The van der Waals surface area contributed by atoms with Gasteiger partial charge in [0.1, 0.15) is 12.1 Å². The minimum atomic E-state index is 0.607. The molecule has 4 heteroatoms. The molecule has 2 N–H and O–H groups in total. The molecule has 2 aromatic heterocycles. The Kier molecular flexibility index (Phi) is 2.97. The van der Waals surface area contributed by atoms with Crippen LogP contribution in [0.3, 0.4) is 0 Å². The molecule has 15 heavy (non-hydrogen) atoms. The molecule has 0 unspecified atom stereocenters. The molecule has 0 aromatic carbocycles. The summed E-state index contributed by atoms with van der Waals surface area (Å²) in [5, 5.41) is 2.04. The smallest absolute Gasteiger partial charge is 0.130 e. The van der Waals surface area contributed by atoms with Crippen molar-refractivity contribution >= 4 is 17.2 Å². The molecule has 0 spiro atoms. The summed E-state index contributed by atoms with van der Waals surface area (Å²) in [4.78, 5) is 9.52. The second-order valence-corrected chi connectivity index (χ2v) is 4.26. The van der Waals surface area contributed by atoms with Gasteiger partial charge in [0.05, 0.1) is 10.6 Å². The van der Waals surface area contributed by atoms with Crippen molar-refractivity contribution in [2.24, 2.45) is 0 Å². The average molecular weight is 219 g/mol. The summed E-state index contributed by atoms with van der Waals surface area (Å²) in [5.41, 5.74) is 7.92. The third-order valence-electron chi connectivity index (χ3n) is 2.23. The zero-order valence-electron chi connectivity index (χ0n) is 8.60. The summed E-state index contributed by atoms with van der Waals surface area (Å²) in [6.07, 6.45) is 3.51. The molecule has 0 radical (unpaired) electrons. The fraction of sp³-hybridized carbons (Fsp3) is 0.273. The van der Waals surface area contributed by atoms with E-state index < -0.39 is 0 Å². The van der Waals surface area contributed by atoms with Crippen LogP contribution in [-0.4, -0.2) is 9.97 Å². The highest BCUT2D eigenvalue weighted by molar-refractivity contribution is 7.13. The van der Waals surface area contributed by atoms with Gasteiger partial charge in [-0.2, -0.15) is 0 Å². The van der Waals surface area contributed by atoms with Gasteiger partial charge in [-0.15, -0.1) is 11.3 Å². The van der Waals surface area contributed by atoms with Gasteiger partial charge in [-0.1, -0.05) is 19.4 Å². The number of nitrogens with two attached hydrogens (primary N) is 1. The monoisotopic (exact) mass is 219 g/mol. The Hall–Kier alpha value is -1.42. The number of nitrogens with zero attached hydrogens (tertiary/aromatic N) is 2. The van der Waals surface area contributed by atoms with E-state index >= 15 is 0 Å². The lowest BCUT2D eigenvalue weighted by atomic mass is 10.1. The Balaban J connectivity index is 2.51. The highest BCUT2D eigenvalue weighted by Crippen LogP contribution is 2.28. The van der Waals surface area contributed by atoms with E-state index in [0.29, 0.717) is 5.82 Å². The van der Waals surface area contributed by atoms with Crippen molar-refractivity contribution in [3.05, 3.63) is 29.4 Å². The standard InChI is InChI=1S/C11H13N3S/c1-2-4-8-10(9-5-3-6-15-9)13-7-14-11(8)12/h3,5-7H,2,4H2,1H3,(H2,12,13,14). The molecule has 2 rings (SSSR count). The van der Waals surface area contributed by atoms with Gasteiger partial charge in [0.25, 0.3) is 0 Å². The summed E-state index contributed by atoms with van der Waals surface area (Å²) in [6, 6.07) is 4.08. The van der Waals surface area contributed by atoms with Crippen LogP contribution in [-0.2, 0) is 6.42 Å². The molecular formula is C11H13N3S. The van der Waals surface area contributed by atoms with Crippen LogP contribution in [0, 0.1) is 0 Å². The summed E-state index contributed by atoms with van der Waals surface area (Å²) < 4.78 is 0. The lowest BCUT2D eigenvalue weighted by molar-refractivity contribution is 0.909. The van der Waals surface area contributed by atoms with Gasteiger partial charge >= 0.3 is 0 Å². The summed E-state index contributed by atoms with van der Waals surface area (Å²) in [6.45, 7) is 2.13. The SMILES string of the molecule is CCCc1c(N)ncnc1-c1cccs1. The molecule has 0 bridgehead atoms. The van der Waals surface area contributed by atoms with Gasteiger partial charge in [0.2, 0.25) is 0 Å². The first-order chi connectivity index (χ1) is 7.33. The Labute approximate surface area is 93.0 Å². The highest BCUT2D eigenvalue weighted by atomic mass is 32.1. The normalized spacial score (nSPS) is 10.5. The number of anilines is 1. The van der Waals surface area contributed by atoms with E-state index in [1.807, 2.05) is 11.4 Å². The minimum Gasteiger partial charge on any atom is -0.383 e. The van der Waals surface area contributed by atoms with Gasteiger partial charge in [-0.3, -0.25) is 0 Å². The Morgan fingerprint density at radius 1 is 1.40 bits per heavy atom. The van der Waals surface area contributed by atoms with Crippen molar-refractivity contribution < 1.29 is 0 Å². The van der Waals surface area contributed by atoms with Crippen molar-refractivity contribution in [3.63, 3.8) is 0 Å². The van der Waals surface area contributed by atoms with Crippen LogP contribution >= 0.6 is 11.3 Å². The predicted octanol–water partition coefficient (Wildman–Crippen LogP) is 2.74. The number of aromatic nitrogens is 2. The molecule has 0 saturated heterocycles. The van der Waals surface area contributed by atoms with Crippen LogP contribution in [0.15, 0.2) is 23.8 Å². The minimum absolute atomic E-state index is 0.607. The fourth-order valence-electron chi connectivity index (χ4n) is 1.55. The first kappa shape index (κ1) is 10.1. The van der Waals surface area contributed by atoms with Crippen LogP contribution < -0.4 is 5.73 Å². The van der Waals surface area contributed by atoms with Crippen LogP contribution in [0.5, 0.6) is 0 Å². The Morgan fingerprint density at radius 2 is 2.27 bits per heavy atom. The molecular weight excluding hydrogens is 206 g/mol. The van der Waals surface area contributed by atoms with Gasteiger partial charge in [-0.25, -0.2) is 9.97 Å². The Bertz CT molecular complexity index is 437. The summed E-state index contributed by atoms with van der Waals surface area (Å²) in [5.74, 6) is 0.607. The van der Waals surface area contributed by atoms with Gasteiger partial charge < -0.3 is 5.73 Å². The maximum Gasteiger partial charge on any atom is 0.130 e. The number of nitrogen functional groups attached to an aromatic ring is 1. The van der Waals surface area contributed by atoms with Gasteiger partial charge in [0.15, 0.2) is 0 Å². The number of rotatable bonds is 3. The first-order valence-corrected chi connectivity index (χ1v) is 5.84. The van der Waals surface area contributed by atoms with Crippen molar-refractivity contribution in [1.82, 2.24) is 9.97 Å². The van der Waals surface area contributed by atoms with E-state index in [1.54, 1.807) is 11.3 Å². The van der Waals surface area contributed by atoms with Crippen LogP contribution in [0.25, 0.3) is 10.6 Å². The first-order valence-electron chi connectivity index (χ1n) is 4.96. The van der Waals surface area contributed by atoms with Crippen molar-refractivity contribution in [3.8, 4) is 10.6 Å². The van der Waals surface area contributed by atoms with E-state index in [0.717, 1.165) is 29.0 Å². The Morgan fingerprint density at radius 3 is 2.93 bits per heavy atom. The predicted molar refractivity (Wildman–Crippen MR) is 63.8 cm³/mol. The fourth-order valence-corrected chi connectivity index (χ4v) is 2.30. The molecule has 0 aliphatic heterocycles. The second kappa shape index (κ2) is 4.40. The lowest BCUT2D eigenvalue weighted by Gasteiger charge is -2.07. The van der Waals surface area contributed by atoms with E-state index in [4.69, 9.17) is 5.73 Å². The second-order valence-electron chi connectivity index (χ2n) is 3.31. The molecule has 3 nitrogen and oxygen atoms in total. The van der Waals surface area contributed by atoms with E-state index in [-0.39, 0.29) is 0 Å². The largest absolute Gasteiger partial charge is 0.383 e. The molecule has 0 atom stereocenters. The van der Waals surface area contributed by atoms with Gasteiger partial charge in [0, 0.05) is 5.56 Å². The van der Waals surface area contributed by atoms with Crippen LogP contribution in [0.2, 0.25) is 0 Å². The molecule has 0 saturated carbocycles. The third kappa shape index (κ3) is 1.99. The van der Waals surface area contributed by atoms with Crippen LogP contribution in [0.1, 0.15) is 18.9 Å². The van der Waals surface area contributed by atoms with E-state index in [1.165, 1.54) is 6.33 Å². The van der Waals surface area contributed by atoms with Gasteiger partial charge in [-0.05, 0) is 17.9 Å². The van der Waals surface area contributed by atoms with Crippen LogP contribution in [0.4, 0.5) is 5.82 Å². The topological polar surface area (TPSA) is 51.8 Å². The third-order valence-corrected chi connectivity index (χ3v) is 3.11. The molecule has 2 aromatic rings. The van der Waals surface area contributed by atoms with E-state index in [9.17, 15) is 0 Å². The maximum atomic E-state index is 5.87. The van der Waals surface area contributed by atoms with Crippen molar-refractivity contribution in [2.45, 2.75) is 19.8 Å².